The summed E-state index contributed by atoms with van der Waals surface area (Å²) in [6.07, 6.45) is -0.0803. The first-order chi connectivity index (χ1) is 16.3. The standard InChI is InChI=1S/C24H31N3O5S3/c1-14-17(11-15(13-28)25-21(29)31-23(2,3)4)34-19-18(14)26-35-20(19)27(12-16-9-8-10-33-16)22(30)32-24(5,6)7/h8-10,13,15H,11-12H2,1-7H3,(H,25,29). The average Bonchev–Trinajstić information content (AvgIpc) is 3.42. The number of aromatic nitrogens is 1. The van der Waals surface area contributed by atoms with Crippen molar-refractivity contribution in [3.05, 3.63) is 32.8 Å². The van der Waals surface area contributed by atoms with E-state index in [-0.39, 0.29) is 0 Å². The number of nitrogens with zero attached hydrogens (tertiary/aromatic N) is 2. The van der Waals surface area contributed by atoms with E-state index in [9.17, 15) is 14.4 Å². The first-order valence-electron chi connectivity index (χ1n) is 11.1. The Balaban J connectivity index is 1.89. The van der Waals surface area contributed by atoms with E-state index in [0.29, 0.717) is 24.3 Å². The molecule has 3 aromatic heterocycles. The van der Waals surface area contributed by atoms with Crippen LogP contribution in [0, 0.1) is 6.92 Å². The van der Waals surface area contributed by atoms with Gasteiger partial charge in [0.1, 0.15) is 28.0 Å². The number of thiophene rings is 2. The molecule has 0 aliphatic carbocycles. The smallest absolute Gasteiger partial charge is 0.415 e. The van der Waals surface area contributed by atoms with Gasteiger partial charge in [-0.1, -0.05) is 6.07 Å². The van der Waals surface area contributed by atoms with Gasteiger partial charge in [0.05, 0.1) is 17.3 Å². The van der Waals surface area contributed by atoms with Crippen molar-refractivity contribution < 1.29 is 23.9 Å². The van der Waals surface area contributed by atoms with Crippen LogP contribution < -0.4 is 10.2 Å². The lowest BCUT2D eigenvalue weighted by Crippen LogP contribution is -2.41. The third kappa shape index (κ3) is 7.25. The normalized spacial score (nSPS) is 12.9. The Morgan fingerprint density at radius 1 is 1.17 bits per heavy atom. The number of anilines is 1. The zero-order valence-electron chi connectivity index (χ0n) is 21.0. The fraction of sp³-hybridized carbons (Fsp3) is 0.500. The largest absolute Gasteiger partial charge is 0.444 e. The van der Waals surface area contributed by atoms with Crippen molar-refractivity contribution >= 4 is 67.9 Å². The topological polar surface area (TPSA) is 97.8 Å². The summed E-state index contributed by atoms with van der Waals surface area (Å²) >= 11 is 4.28. The number of ether oxygens (including phenoxy) is 2. The first-order valence-corrected chi connectivity index (χ1v) is 13.6. The monoisotopic (exact) mass is 537 g/mol. The van der Waals surface area contributed by atoms with Gasteiger partial charge in [-0.25, -0.2) is 9.59 Å². The molecular weight excluding hydrogens is 506 g/mol. The third-order valence-electron chi connectivity index (χ3n) is 4.66. The number of nitrogens with one attached hydrogen (secondary N) is 1. The second kappa shape index (κ2) is 10.6. The van der Waals surface area contributed by atoms with Crippen LogP contribution in [0.25, 0.3) is 10.2 Å². The third-order valence-corrected chi connectivity index (χ3v) is 7.83. The van der Waals surface area contributed by atoms with Crippen LogP contribution in [0.3, 0.4) is 0 Å². The number of aryl methyl sites for hydroxylation is 1. The molecule has 1 unspecified atom stereocenters. The molecule has 8 nitrogen and oxygen atoms in total. The number of carbonyl (C=O) groups excluding carboxylic acids is 3. The van der Waals surface area contributed by atoms with Gasteiger partial charge in [0.2, 0.25) is 0 Å². The fourth-order valence-corrected chi connectivity index (χ4v) is 6.25. The predicted octanol–water partition coefficient (Wildman–Crippen LogP) is 6.30. The minimum absolute atomic E-state index is 0.303. The van der Waals surface area contributed by atoms with Gasteiger partial charge < -0.3 is 19.6 Å². The van der Waals surface area contributed by atoms with E-state index in [1.165, 1.54) is 22.9 Å². The van der Waals surface area contributed by atoms with E-state index < -0.39 is 29.4 Å². The Morgan fingerprint density at radius 3 is 2.43 bits per heavy atom. The van der Waals surface area contributed by atoms with Gasteiger partial charge in [0, 0.05) is 16.2 Å². The number of aldehydes is 1. The lowest BCUT2D eigenvalue weighted by molar-refractivity contribution is -0.109. The minimum atomic E-state index is -0.744. The van der Waals surface area contributed by atoms with Gasteiger partial charge in [-0.2, -0.15) is 4.37 Å². The molecule has 0 spiro atoms. The number of rotatable bonds is 7. The summed E-state index contributed by atoms with van der Waals surface area (Å²) in [4.78, 5) is 40.6. The summed E-state index contributed by atoms with van der Waals surface area (Å²) in [6, 6.07) is 3.18. The van der Waals surface area contributed by atoms with Crippen LogP contribution in [0.5, 0.6) is 0 Å². The van der Waals surface area contributed by atoms with Crippen LogP contribution in [0.2, 0.25) is 0 Å². The molecule has 3 heterocycles. The highest BCUT2D eigenvalue weighted by molar-refractivity contribution is 7.25. The maximum absolute atomic E-state index is 13.2. The molecule has 35 heavy (non-hydrogen) atoms. The van der Waals surface area contributed by atoms with E-state index in [1.54, 1.807) is 37.0 Å². The van der Waals surface area contributed by atoms with Gasteiger partial charge >= 0.3 is 12.2 Å². The molecule has 1 N–H and O–H groups in total. The van der Waals surface area contributed by atoms with Crippen molar-refractivity contribution in [2.75, 3.05) is 4.90 Å². The summed E-state index contributed by atoms with van der Waals surface area (Å²) in [7, 11) is 0. The Labute approximate surface area is 217 Å². The summed E-state index contributed by atoms with van der Waals surface area (Å²) in [5, 5.41) is 5.29. The number of carbonyl (C=O) groups is 3. The van der Waals surface area contributed by atoms with Gasteiger partial charge in [0.15, 0.2) is 0 Å². The average molecular weight is 538 g/mol. The summed E-state index contributed by atoms with van der Waals surface area (Å²) in [6.45, 7) is 13.1. The molecule has 1 atom stereocenters. The van der Waals surface area contributed by atoms with E-state index in [1.807, 2.05) is 45.2 Å². The summed E-state index contributed by atoms with van der Waals surface area (Å²) < 4.78 is 16.4. The molecule has 190 valence electrons. The maximum atomic E-state index is 13.2. The molecule has 3 aromatic rings. The lowest BCUT2D eigenvalue weighted by Gasteiger charge is -2.26. The van der Waals surface area contributed by atoms with E-state index in [0.717, 1.165) is 25.5 Å². The van der Waals surface area contributed by atoms with Crippen molar-refractivity contribution in [3.8, 4) is 0 Å². The van der Waals surface area contributed by atoms with Crippen molar-refractivity contribution in [1.29, 1.82) is 0 Å². The number of alkyl carbamates (subject to hydrolysis) is 1. The molecule has 2 amide bonds. The molecule has 0 aromatic carbocycles. The molecule has 0 bridgehead atoms. The lowest BCUT2D eigenvalue weighted by atomic mass is 10.1. The molecule has 0 radical (unpaired) electrons. The number of hydrogen-bond acceptors (Lipinski definition) is 9. The van der Waals surface area contributed by atoms with Crippen molar-refractivity contribution in [2.24, 2.45) is 0 Å². The van der Waals surface area contributed by atoms with Crippen LogP contribution in [-0.4, -0.2) is 40.1 Å². The van der Waals surface area contributed by atoms with Gasteiger partial charge in [-0.3, -0.25) is 4.90 Å². The SMILES string of the molecule is Cc1c(CC(C=O)NC(=O)OC(C)(C)C)sc2c(N(Cc3cccs3)C(=O)OC(C)(C)C)snc12. The Morgan fingerprint density at radius 2 is 1.86 bits per heavy atom. The molecular formula is C24H31N3O5S3. The van der Waals surface area contributed by atoms with Gasteiger partial charge in [-0.15, -0.1) is 22.7 Å². The molecule has 0 fully saturated rings. The first kappa shape index (κ1) is 27.1. The van der Waals surface area contributed by atoms with Crippen LogP contribution >= 0.6 is 34.2 Å². The van der Waals surface area contributed by atoms with Crippen molar-refractivity contribution in [1.82, 2.24) is 9.69 Å². The van der Waals surface area contributed by atoms with Crippen molar-refractivity contribution in [2.45, 2.75) is 78.7 Å². The van der Waals surface area contributed by atoms with Crippen LogP contribution in [0.1, 0.15) is 56.9 Å². The highest BCUT2D eigenvalue weighted by atomic mass is 32.1. The van der Waals surface area contributed by atoms with Gasteiger partial charge in [-0.05, 0) is 77.0 Å². The maximum Gasteiger partial charge on any atom is 0.415 e. The quantitative estimate of drug-likeness (QED) is 0.355. The zero-order valence-corrected chi connectivity index (χ0v) is 23.4. The Bertz CT molecular complexity index is 1190. The predicted molar refractivity (Wildman–Crippen MR) is 142 cm³/mol. The zero-order chi connectivity index (χ0) is 26.0. The Hall–Kier alpha value is -2.50. The molecule has 0 saturated carbocycles. The highest BCUT2D eigenvalue weighted by Crippen LogP contribution is 2.42. The summed E-state index contributed by atoms with van der Waals surface area (Å²) in [5.74, 6) is 0. The molecule has 0 saturated heterocycles. The minimum Gasteiger partial charge on any atom is -0.444 e. The van der Waals surface area contributed by atoms with E-state index >= 15 is 0 Å². The Kier molecular flexibility index (Phi) is 8.23. The molecule has 0 aliphatic rings. The number of fused-ring (bicyclic) bond motifs is 1. The molecule has 11 heteroatoms. The molecule has 0 aliphatic heterocycles. The second-order valence-corrected chi connectivity index (χ2v) is 12.9. The van der Waals surface area contributed by atoms with Crippen molar-refractivity contribution in [3.63, 3.8) is 0 Å². The molecule has 3 rings (SSSR count). The summed E-state index contributed by atoms with van der Waals surface area (Å²) in [5.41, 5.74) is 0.401. The highest BCUT2D eigenvalue weighted by Gasteiger charge is 2.29. The van der Waals surface area contributed by atoms with E-state index in [4.69, 9.17) is 9.47 Å². The number of amides is 2. The van der Waals surface area contributed by atoms with Crippen LogP contribution in [0.4, 0.5) is 14.6 Å². The van der Waals surface area contributed by atoms with Crippen LogP contribution in [0.15, 0.2) is 17.5 Å². The number of hydrogen-bond donors (Lipinski definition) is 1. The van der Waals surface area contributed by atoms with E-state index in [2.05, 4.69) is 9.69 Å². The fourth-order valence-electron chi connectivity index (χ4n) is 3.19. The van der Waals surface area contributed by atoms with Gasteiger partial charge in [0.25, 0.3) is 0 Å². The van der Waals surface area contributed by atoms with Crippen LogP contribution in [-0.2, 0) is 27.2 Å². The second-order valence-electron chi connectivity index (χ2n) is 10.1.